The van der Waals surface area contributed by atoms with Crippen LogP contribution < -0.4 is 15.4 Å². The van der Waals surface area contributed by atoms with E-state index in [0.29, 0.717) is 5.75 Å². The van der Waals surface area contributed by atoms with Gasteiger partial charge in [-0.15, -0.1) is 0 Å². The summed E-state index contributed by atoms with van der Waals surface area (Å²) in [5, 5.41) is 5.44. The Balaban J connectivity index is 1.91. The summed E-state index contributed by atoms with van der Waals surface area (Å²) >= 11 is 0. The van der Waals surface area contributed by atoms with E-state index in [4.69, 9.17) is 4.74 Å². The molecular formula is C21H24N2O3. The van der Waals surface area contributed by atoms with Gasteiger partial charge in [0.15, 0.2) is 0 Å². The number of ether oxygens (including phenoxy) is 1. The normalized spacial score (nSPS) is 10.6. The molecule has 5 nitrogen and oxygen atoms in total. The van der Waals surface area contributed by atoms with Crippen LogP contribution in [0.4, 0.5) is 5.69 Å². The minimum atomic E-state index is -0.344. The van der Waals surface area contributed by atoms with Crippen LogP contribution in [-0.2, 0) is 9.59 Å². The third-order valence-electron chi connectivity index (χ3n) is 3.92. The van der Waals surface area contributed by atoms with E-state index in [2.05, 4.69) is 10.6 Å². The third-order valence-corrected chi connectivity index (χ3v) is 3.92. The molecule has 0 saturated heterocycles. The second kappa shape index (κ2) is 8.85. The lowest BCUT2D eigenvalue weighted by Crippen LogP contribution is -2.32. The molecule has 0 aliphatic carbocycles. The van der Waals surface area contributed by atoms with E-state index in [9.17, 15) is 9.59 Å². The molecule has 2 N–H and O–H groups in total. The summed E-state index contributed by atoms with van der Waals surface area (Å²) < 4.78 is 5.23. The Bertz CT molecular complexity index is 818. The molecule has 0 unspecified atom stereocenters. The number of methoxy groups -OCH3 is 1. The zero-order valence-electron chi connectivity index (χ0n) is 15.6. The molecule has 0 aromatic heterocycles. The zero-order valence-corrected chi connectivity index (χ0v) is 15.6. The van der Waals surface area contributed by atoms with Crippen LogP contribution in [0.25, 0.3) is 6.08 Å². The SMILES string of the molecule is COc1ccccc1/C=C/C(=O)NCC(=O)Nc1c(C)cc(C)cc1C. The Morgan fingerprint density at radius 1 is 1.08 bits per heavy atom. The number of carbonyl (C=O) groups is 2. The van der Waals surface area contributed by atoms with Crippen LogP contribution in [0.15, 0.2) is 42.5 Å². The minimum absolute atomic E-state index is 0.0954. The maximum absolute atomic E-state index is 12.1. The van der Waals surface area contributed by atoms with Gasteiger partial charge in [-0.05, 0) is 44.0 Å². The zero-order chi connectivity index (χ0) is 19.1. The van der Waals surface area contributed by atoms with Gasteiger partial charge < -0.3 is 15.4 Å². The molecule has 0 fully saturated rings. The maximum Gasteiger partial charge on any atom is 0.244 e. The van der Waals surface area contributed by atoms with Gasteiger partial charge >= 0.3 is 0 Å². The van der Waals surface area contributed by atoms with Crippen molar-refractivity contribution in [2.24, 2.45) is 0 Å². The van der Waals surface area contributed by atoms with Gasteiger partial charge in [-0.3, -0.25) is 9.59 Å². The molecule has 5 heteroatoms. The number of nitrogens with one attached hydrogen (secondary N) is 2. The third kappa shape index (κ3) is 5.21. The number of rotatable bonds is 6. The molecule has 0 aliphatic rings. The van der Waals surface area contributed by atoms with E-state index in [1.807, 2.05) is 57.2 Å². The molecule has 2 aromatic rings. The fourth-order valence-corrected chi connectivity index (χ4v) is 2.76. The summed E-state index contributed by atoms with van der Waals surface area (Å²) in [5.41, 5.74) is 4.73. The van der Waals surface area contributed by atoms with Crippen molar-refractivity contribution in [3.8, 4) is 5.75 Å². The first-order chi connectivity index (χ1) is 12.4. The highest BCUT2D eigenvalue weighted by Gasteiger charge is 2.09. The topological polar surface area (TPSA) is 67.4 Å². The van der Waals surface area contributed by atoms with E-state index in [1.165, 1.54) is 6.08 Å². The minimum Gasteiger partial charge on any atom is -0.496 e. The van der Waals surface area contributed by atoms with E-state index in [1.54, 1.807) is 13.2 Å². The van der Waals surface area contributed by atoms with E-state index in [0.717, 1.165) is 27.9 Å². The van der Waals surface area contributed by atoms with Crippen molar-refractivity contribution in [2.75, 3.05) is 19.0 Å². The smallest absolute Gasteiger partial charge is 0.244 e. The standard InChI is InChI=1S/C21H24N2O3/c1-14-11-15(2)21(16(3)12-14)23-20(25)13-22-19(24)10-9-17-7-5-6-8-18(17)26-4/h5-12H,13H2,1-4H3,(H,22,24)(H,23,25)/b10-9+. The van der Waals surface area contributed by atoms with E-state index < -0.39 is 0 Å². The molecule has 2 amide bonds. The summed E-state index contributed by atoms with van der Waals surface area (Å²) in [6, 6.07) is 11.4. The molecule has 0 radical (unpaired) electrons. The monoisotopic (exact) mass is 352 g/mol. The molecule has 2 aromatic carbocycles. The molecule has 0 heterocycles. The van der Waals surface area contributed by atoms with Gasteiger partial charge in [0.05, 0.1) is 13.7 Å². The van der Waals surface area contributed by atoms with Gasteiger partial charge in [0, 0.05) is 17.3 Å². The molecule has 2 rings (SSSR count). The van der Waals surface area contributed by atoms with Crippen molar-refractivity contribution in [1.29, 1.82) is 0 Å². The first-order valence-corrected chi connectivity index (χ1v) is 8.37. The highest BCUT2D eigenvalue weighted by Crippen LogP contribution is 2.21. The van der Waals surface area contributed by atoms with Gasteiger partial charge in [-0.1, -0.05) is 35.9 Å². The summed E-state index contributed by atoms with van der Waals surface area (Å²) in [5.74, 6) is 0.0714. The van der Waals surface area contributed by atoms with Gasteiger partial charge in [0.1, 0.15) is 5.75 Å². The number of carbonyl (C=O) groups excluding carboxylic acids is 2. The lowest BCUT2D eigenvalue weighted by molar-refractivity contribution is -0.121. The summed E-state index contributed by atoms with van der Waals surface area (Å²) in [7, 11) is 1.58. The number of anilines is 1. The highest BCUT2D eigenvalue weighted by atomic mass is 16.5. The molecule has 0 atom stereocenters. The molecule has 26 heavy (non-hydrogen) atoms. The fourth-order valence-electron chi connectivity index (χ4n) is 2.76. The fraction of sp³-hybridized carbons (Fsp3) is 0.238. The predicted octanol–water partition coefficient (Wildman–Crippen LogP) is 3.39. The molecule has 136 valence electrons. The average molecular weight is 352 g/mol. The van der Waals surface area contributed by atoms with Crippen LogP contribution >= 0.6 is 0 Å². The van der Waals surface area contributed by atoms with E-state index in [-0.39, 0.29) is 18.4 Å². The number of hydrogen-bond acceptors (Lipinski definition) is 3. The van der Waals surface area contributed by atoms with Crippen molar-refractivity contribution in [1.82, 2.24) is 5.32 Å². The van der Waals surface area contributed by atoms with Crippen LogP contribution in [0.5, 0.6) is 5.75 Å². The van der Waals surface area contributed by atoms with Crippen molar-refractivity contribution >= 4 is 23.6 Å². The number of para-hydroxylation sites is 1. The highest BCUT2D eigenvalue weighted by molar-refractivity contribution is 5.98. The van der Waals surface area contributed by atoms with E-state index >= 15 is 0 Å². The van der Waals surface area contributed by atoms with Crippen LogP contribution in [0.2, 0.25) is 0 Å². The summed E-state index contributed by atoms with van der Waals surface area (Å²) in [4.78, 5) is 24.0. The second-order valence-electron chi connectivity index (χ2n) is 6.11. The molecule has 0 aliphatic heterocycles. The van der Waals surface area contributed by atoms with Crippen LogP contribution in [0.3, 0.4) is 0 Å². The Kier molecular flexibility index (Phi) is 6.55. The number of aryl methyl sites for hydroxylation is 3. The number of hydrogen-bond donors (Lipinski definition) is 2. The number of benzene rings is 2. The second-order valence-corrected chi connectivity index (χ2v) is 6.11. The van der Waals surface area contributed by atoms with Crippen LogP contribution in [0, 0.1) is 20.8 Å². The average Bonchev–Trinajstić information content (AvgIpc) is 2.61. The first kappa shape index (κ1) is 19.2. The van der Waals surface area contributed by atoms with Crippen molar-refractivity contribution in [2.45, 2.75) is 20.8 Å². The predicted molar refractivity (Wildman–Crippen MR) is 104 cm³/mol. The van der Waals surface area contributed by atoms with Gasteiger partial charge in [0.2, 0.25) is 11.8 Å². The van der Waals surface area contributed by atoms with Gasteiger partial charge in [0.25, 0.3) is 0 Å². The largest absolute Gasteiger partial charge is 0.496 e. The van der Waals surface area contributed by atoms with Crippen molar-refractivity contribution in [3.05, 3.63) is 64.7 Å². The summed E-state index contributed by atoms with van der Waals surface area (Å²) in [6.45, 7) is 5.82. The summed E-state index contributed by atoms with van der Waals surface area (Å²) in [6.07, 6.45) is 3.04. The Morgan fingerprint density at radius 2 is 1.73 bits per heavy atom. The van der Waals surface area contributed by atoms with Crippen LogP contribution in [-0.4, -0.2) is 25.5 Å². The lowest BCUT2D eigenvalue weighted by Gasteiger charge is -2.13. The quantitative estimate of drug-likeness (QED) is 0.783. The molecule has 0 spiro atoms. The van der Waals surface area contributed by atoms with Gasteiger partial charge in [-0.2, -0.15) is 0 Å². The Morgan fingerprint density at radius 3 is 2.38 bits per heavy atom. The molecule has 0 bridgehead atoms. The molecule has 0 saturated carbocycles. The first-order valence-electron chi connectivity index (χ1n) is 8.37. The maximum atomic E-state index is 12.1. The van der Waals surface area contributed by atoms with Gasteiger partial charge in [-0.25, -0.2) is 0 Å². The lowest BCUT2D eigenvalue weighted by atomic mass is 10.1. The van der Waals surface area contributed by atoms with Crippen molar-refractivity contribution in [3.63, 3.8) is 0 Å². The Hall–Kier alpha value is -3.08. The Labute approximate surface area is 154 Å². The van der Waals surface area contributed by atoms with Crippen LogP contribution in [0.1, 0.15) is 22.3 Å². The number of amides is 2. The van der Waals surface area contributed by atoms with Crippen molar-refractivity contribution < 1.29 is 14.3 Å². The molecular weight excluding hydrogens is 328 g/mol.